The number of nitrogens with zero attached hydrogens (tertiary/aromatic N) is 1. The Morgan fingerprint density at radius 3 is 2.72 bits per heavy atom. The number of para-hydroxylation sites is 1. The van der Waals surface area contributed by atoms with Crippen molar-refractivity contribution in [1.29, 1.82) is 0 Å². The van der Waals surface area contributed by atoms with Crippen molar-refractivity contribution in [2.75, 3.05) is 11.9 Å². The number of fused-ring (bicyclic) bond motifs is 2. The molecule has 2 aromatic carbocycles. The molecule has 0 aliphatic heterocycles. The number of pyridine rings is 1. The highest BCUT2D eigenvalue weighted by atomic mass is 32.1. The number of anilines is 1. The fourth-order valence-electron chi connectivity index (χ4n) is 4.85. The summed E-state index contributed by atoms with van der Waals surface area (Å²) in [6.45, 7) is 6.60. The van der Waals surface area contributed by atoms with Crippen LogP contribution in [0.15, 0.2) is 54.6 Å². The van der Waals surface area contributed by atoms with Gasteiger partial charge in [-0.05, 0) is 61.8 Å². The predicted octanol–water partition coefficient (Wildman–Crippen LogP) is 7.22. The zero-order valence-electron chi connectivity index (χ0n) is 20.9. The van der Waals surface area contributed by atoms with E-state index in [9.17, 15) is 9.59 Å². The Morgan fingerprint density at radius 1 is 1.14 bits per heavy atom. The maximum absolute atomic E-state index is 13.8. The summed E-state index contributed by atoms with van der Waals surface area (Å²) in [7, 11) is 0. The Bertz CT molecular complexity index is 1460. The molecular formula is C30H30N2O3S. The smallest absolute Gasteiger partial charge is 0.341 e. The van der Waals surface area contributed by atoms with E-state index in [1.165, 1.54) is 16.2 Å². The minimum atomic E-state index is -0.348. The third kappa shape index (κ3) is 4.65. The molecule has 1 amide bonds. The summed E-state index contributed by atoms with van der Waals surface area (Å²) >= 11 is 1.51. The van der Waals surface area contributed by atoms with Crippen molar-refractivity contribution in [2.45, 2.75) is 46.5 Å². The number of nitrogens with one attached hydrogen (secondary N) is 1. The van der Waals surface area contributed by atoms with Crippen LogP contribution < -0.4 is 5.32 Å². The predicted molar refractivity (Wildman–Crippen MR) is 146 cm³/mol. The van der Waals surface area contributed by atoms with Crippen LogP contribution in [0.3, 0.4) is 0 Å². The molecule has 4 aromatic rings. The van der Waals surface area contributed by atoms with Gasteiger partial charge in [-0.1, -0.05) is 56.3 Å². The number of carbonyl (C=O) groups excluding carboxylic acids is 2. The number of rotatable bonds is 6. The van der Waals surface area contributed by atoms with Crippen LogP contribution >= 0.6 is 11.3 Å². The number of hydrogen-bond acceptors (Lipinski definition) is 5. The maximum atomic E-state index is 13.8. The number of thiophene rings is 1. The molecule has 2 heterocycles. The van der Waals surface area contributed by atoms with Gasteiger partial charge >= 0.3 is 5.97 Å². The van der Waals surface area contributed by atoms with Gasteiger partial charge in [0.2, 0.25) is 0 Å². The Labute approximate surface area is 215 Å². The van der Waals surface area contributed by atoms with Crippen LogP contribution in [0.25, 0.3) is 22.2 Å². The molecule has 0 spiro atoms. The van der Waals surface area contributed by atoms with Crippen LogP contribution in [0, 0.1) is 12.8 Å². The molecule has 1 aliphatic carbocycles. The van der Waals surface area contributed by atoms with Crippen molar-refractivity contribution in [1.82, 2.24) is 4.98 Å². The lowest BCUT2D eigenvalue weighted by Crippen LogP contribution is -2.17. The standard InChI is InChI=1S/C30H30N2O3S/c1-4-15-35-30(34)27-22-14-13-18(2)16-26(22)36-29(27)32-28(33)23-17-25(20-10-6-5-9-19(20)3)31-24-12-8-7-11-21(23)24/h5-12,17-18H,4,13-16H2,1-3H3,(H,32,33). The zero-order valence-corrected chi connectivity index (χ0v) is 21.7. The van der Waals surface area contributed by atoms with E-state index in [0.29, 0.717) is 28.7 Å². The van der Waals surface area contributed by atoms with Gasteiger partial charge in [0, 0.05) is 15.8 Å². The molecule has 6 heteroatoms. The van der Waals surface area contributed by atoms with Gasteiger partial charge < -0.3 is 10.1 Å². The quantitative estimate of drug-likeness (QED) is 0.285. The van der Waals surface area contributed by atoms with Gasteiger partial charge in [0.25, 0.3) is 5.91 Å². The van der Waals surface area contributed by atoms with E-state index in [4.69, 9.17) is 9.72 Å². The third-order valence-corrected chi connectivity index (χ3v) is 7.93. The maximum Gasteiger partial charge on any atom is 0.341 e. The van der Waals surface area contributed by atoms with E-state index in [1.54, 1.807) is 0 Å². The van der Waals surface area contributed by atoms with Crippen LogP contribution in [-0.4, -0.2) is 23.5 Å². The highest BCUT2D eigenvalue weighted by molar-refractivity contribution is 7.17. The van der Waals surface area contributed by atoms with Crippen LogP contribution in [0.1, 0.15) is 63.4 Å². The molecule has 0 fully saturated rings. The number of aromatic nitrogens is 1. The summed E-state index contributed by atoms with van der Waals surface area (Å²) in [6, 6.07) is 17.5. The topological polar surface area (TPSA) is 68.3 Å². The number of hydrogen-bond donors (Lipinski definition) is 1. The lowest BCUT2D eigenvalue weighted by molar-refractivity contribution is 0.0505. The Morgan fingerprint density at radius 2 is 1.92 bits per heavy atom. The molecular weight excluding hydrogens is 468 g/mol. The number of benzene rings is 2. The van der Waals surface area contributed by atoms with Gasteiger partial charge in [-0.3, -0.25) is 4.79 Å². The molecule has 0 radical (unpaired) electrons. The first kappa shape index (κ1) is 24.2. The van der Waals surface area contributed by atoms with Crippen molar-refractivity contribution in [3.8, 4) is 11.3 Å². The summed E-state index contributed by atoms with van der Waals surface area (Å²) in [6.07, 6.45) is 3.52. The third-order valence-electron chi connectivity index (χ3n) is 6.76. The largest absolute Gasteiger partial charge is 0.462 e. The molecule has 1 atom stereocenters. The Hall–Kier alpha value is -3.51. The van der Waals surface area contributed by atoms with Crippen LogP contribution in [-0.2, 0) is 17.6 Å². The van der Waals surface area contributed by atoms with Gasteiger partial charge in [0.1, 0.15) is 5.00 Å². The molecule has 0 saturated carbocycles. The second-order valence-corrected chi connectivity index (χ2v) is 10.6. The van der Waals surface area contributed by atoms with E-state index < -0.39 is 0 Å². The normalized spacial score (nSPS) is 14.9. The highest BCUT2D eigenvalue weighted by Gasteiger charge is 2.29. The average molecular weight is 499 g/mol. The molecule has 1 aliphatic rings. The molecule has 5 rings (SSSR count). The highest BCUT2D eigenvalue weighted by Crippen LogP contribution is 2.40. The lowest BCUT2D eigenvalue weighted by Gasteiger charge is -2.18. The molecule has 5 nitrogen and oxygen atoms in total. The van der Waals surface area contributed by atoms with Crippen LogP contribution in [0.2, 0.25) is 0 Å². The lowest BCUT2D eigenvalue weighted by atomic mass is 9.88. The van der Waals surface area contributed by atoms with Crippen molar-refractivity contribution < 1.29 is 14.3 Å². The average Bonchev–Trinajstić information content (AvgIpc) is 3.23. The molecule has 36 heavy (non-hydrogen) atoms. The van der Waals surface area contributed by atoms with Crippen molar-refractivity contribution >= 4 is 39.1 Å². The van der Waals surface area contributed by atoms with E-state index in [1.807, 2.05) is 68.4 Å². The minimum absolute atomic E-state index is 0.250. The Balaban J connectivity index is 1.57. The second kappa shape index (κ2) is 10.2. The summed E-state index contributed by atoms with van der Waals surface area (Å²) < 4.78 is 5.52. The molecule has 184 valence electrons. The fourth-order valence-corrected chi connectivity index (χ4v) is 6.25. The first-order valence-electron chi connectivity index (χ1n) is 12.5. The zero-order chi connectivity index (χ0) is 25.2. The van der Waals surface area contributed by atoms with Crippen molar-refractivity contribution in [3.63, 3.8) is 0 Å². The summed E-state index contributed by atoms with van der Waals surface area (Å²) in [5, 5.41) is 4.45. The number of ether oxygens (including phenoxy) is 1. The van der Waals surface area contributed by atoms with Gasteiger partial charge in [-0.25, -0.2) is 9.78 Å². The number of esters is 1. The monoisotopic (exact) mass is 498 g/mol. The first-order chi connectivity index (χ1) is 17.5. The summed E-state index contributed by atoms with van der Waals surface area (Å²) in [5.74, 6) is -0.0426. The minimum Gasteiger partial charge on any atom is -0.462 e. The van der Waals surface area contributed by atoms with E-state index in [0.717, 1.165) is 59.0 Å². The van der Waals surface area contributed by atoms with Crippen LogP contribution in [0.4, 0.5) is 5.00 Å². The first-order valence-corrected chi connectivity index (χ1v) is 13.4. The molecule has 1 unspecified atom stereocenters. The van der Waals surface area contributed by atoms with Crippen molar-refractivity contribution in [2.24, 2.45) is 5.92 Å². The number of aryl methyl sites for hydroxylation is 1. The molecule has 0 saturated heterocycles. The second-order valence-electron chi connectivity index (χ2n) is 9.53. The fraction of sp³-hybridized carbons (Fsp3) is 0.300. The van der Waals surface area contributed by atoms with E-state index >= 15 is 0 Å². The van der Waals surface area contributed by atoms with Gasteiger partial charge in [0.05, 0.1) is 28.9 Å². The van der Waals surface area contributed by atoms with Gasteiger partial charge in [-0.15, -0.1) is 11.3 Å². The van der Waals surface area contributed by atoms with Gasteiger partial charge in [-0.2, -0.15) is 0 Å². The SMILES string of the molecule is CCCOC(=O)c1c(NC(=O)c2cc(-c3ccccc3C)nc3ccccc23)sc2c1CCC(C)C2. The summed E-state index contributed by atoms with van der Waals surface area (Å²) in [5.41, 5.74) is 5.68. The number of amides is 1. The van der Waals surface area contributed by atoms with E-state index in [2.05, 4.69) is 12.2 Å². The van der Waals surface area contributed by atoms with Crippen LogP contribution in [0.5, 0.6) is 0 Å². The van der Waals surface area contributed by atoms with Gasteiger partial charge in [0.15, 0.2) is 0 Å². The number of carbonyl (C=O) groups is 2. The Kier molecular flexibility index (Phi) is 6.88. The molecule has 0 bridgehead atoms. The molecule has 1 N–H and O–H groups in total. The van der Waals surface area contributed by atoms with Crippen molar-refractivity contribution in [3.05, 3.63) is 81.7 Å². The summed E-state index contributed by atoms with van der Waals surface area (Å²) in [4.78, 5) is 32.9. The molecule has 2 aromatic heterocycles. The van der Waals surface area contributed by atoms with E-state index in [-0.39, 0.29) is 11.9 Å².